The largest absolute Gasteiger partial charge is 0.343 e. The van der Waals surface area contributed by atoms with E-state index in [1.807, 2.05) is 5.38 Å². The van der Waals surface area contributed by atoms with Crippen LogP contribution in [0, 0.1) is 11.7 Å². The zero-order valence-electron chi connectivity index (χ0n) is 11.5. The normalized spacial score (nSPS) is 12.4. The summed E-state index contributed by atoms with van der Waals surface area (Å²) in [5.41, 5.74) is 0.0674. The molecule has 0 spiro atoms. The smallest absolute Gasteiger partial charge is 0.254 e. The molecule has 20 heavy (non-hydrogen) atoms. The number of rotatable bonds is 5. The summed E-state index contributed by atoms with van der Waals surface area (Å²) in [6, 6.07) is 5.81. The van der Waals surface area contributed by atoms with E-state index < -0.39 is 11.7 Å². The molecule has 1 atom stereocenters. The van der Waals surface area contributed by atoms with Crippen molar-refractivity contribution < 1.29 is 9.18 Å². The zero-order valence-corrected chi connectivity index (χ0v) is 12.3. The fraction of sp³-hybridized carbons (Fsp3) is 0.333. The van der Waals surface area contributed by atoms with Crippen molar-refractivity contribution in [2.24, 2.45) is 5.92 Å². The number of benzene rings is 1. The second-order valence-corrected chi connectivity index (χ2v) is 5.93. The number of carbonyl (C=O) groups is 1. The lowest BCUT2D eigenvalue weighted by Gasteiger charge is -2.18. The standard InChI is InChI=1S/C15H17FN2OS/c1-10(2)9-13(15-17-7-8-20-15)18-14(19)11-5-3-4-6-12(11)16/h3-8,10,13H,9H2,1-2H3,(H,18,19). The molecule has 1 heterocycles. The summed E-state index contributed by atoms with van der Waals surface area (Å²) in [6.45, 7) is 4.16. The quantitative estimate of drug-likeness (QED) is 0.910. The van der Waals surface area contributed by atoms with Gasteiger partial charge in [-0.25, -0.2) is 9.37 Å². The van der Waals surface area contributed by atoms with E-state index in [1.54, 1.807) is 18.3 Å². The van der Waals surface area contributed by atoms with Crippen LogP contribution in [0.3, 0.4) is 0 Å². The highest BCUT2D eigenvalue weighted by atomic mass is 32.1. The predicted molar refractivity (Wildman–Crippen MR) is 78.2 cm³/mol. The molecule has 1 unspecified atom stereocenters. The summed E-state index contributed by atoms with van der Waals surface area (Å²) in [5.74, 6) is -0.499. The Morgan fingerprint density at radius 2 is 2.15 bits per heavy atom. The maximum Gasteiger partial charge on any atom is 0.254 e. The number of carbonyl (C=O) groups excluding carboxylic acids is 1. The molecule has 5 heteroatoms. The Hall–Kier alpha value is -1.75. The Bertz CT molecular complexity index is 569. The molecule has 1 N–H and O–H groups in total. The molecule has 0 aliphatic carbocycles. The van der Waals surface area contributed by atoms with E-state index in [4.69, 9.17) is 0 Å². The fourth-order valence-electron chi connectivity index (χ4n) is 1.98. The van der Waals surface area contributed by atoms with Crippen LogP contribution in [-0.4, -0.2) is 10.9 Å². The monoisotopic (exact) mass is 292 g/mol. The molecule has 0 radical (unpaired) electrons. The van der Waals surface area contributed by atoms with Crippen molar-refractivity contribution >= 4 is 17.2 Å². The molecular formula is C15H17FN2OS. The van der Waals surface area contributed by atoms with Gasteiger partial charge >= 0.3 is 0 Å². The highest BCUT2D eigenvalue weighted by Gasteiger charge is 2.20. The minimum absolute atomic E-state index is 0.0674. The molecule has 1 amide bonds. The van der Waals surface area contributed by atoms with Crippen molar-refractivity contribution in [3.63, 3.8) is 0 Å². The Labute approximate surface area is 121 Å². The Kier molecular flexibility index (Phi) is 4.84. The Morgan fingerprint density at radius 3 is 2.75 bits per heavy atom. The number of thiazole rings is 1. The summed E-state index contributed by atoms with van der Waals surface area (Å²) in [4.78, 5) is 16.4. The minimum Gasteiger partial charge on any atom is -0.343 e. The zero-order chi connectivity index (χ0) is 14.5. The maximum atomic E-state index is 13.6. The van der Waals surface area contributed by atoms with Gasteiger partial charge in [0.15, 0.2) is 0 Å². The van der Waals surface area contributed by atoms with E-state index in [1.165, 1.54) is 23.5 Å². The third-order valence-corrected chi connectivity index (χ3v) is 3.77. The van der Waals surface area contributed by atoms with Crippen LogP contribution < -0.4 is 5.32 Å². The molecule has 2 rings (SSSR count). The van der Waals surface area contributed by atoms with E-state index in [0.29, 0.717) is 5.92 Å². The number of nitrogens with zero attached hydrogens (tertiary/aromatic N) is 1. The second kappa shape index (κ2) is 6.61. The lowest BCUT2D eigenvalue weighted by Crippen LogP contribution is -2.30. The second-order valence-electron chi connectivity index (χ2n) is 5.01. The van der Waals surface area contributed by atoms with Crippen molar-refractivity contribution in [3.8, 4) is 0 Å². The summed E-state index contributed by atoms with van der Waals surface area (Å²) in [6.07, 6.45) is 2.48. The first-order valence-corrected chi connectivity index (χ1v) is 7.40. The SMILES string of the molecule is CC(C)CC(NC(=O)c1ccccc1F)c1nccs1. The van der Waals surface area contributed by atoms with Crippen LogP contribution in [0.5, 0.6) is 0 Å². The van der Waals surface area contributed by atoms with Crippen molar-refractivity contribution in [2.75, 3.05) is 0 Å². The third-order valence-electron chi connectivity index (χ3n) is 2.88. The third kappa shape index (κ3) is 3.63. The van der Waals surface area contributed by atoms with Crippen molar-refractivity contribution in [3.05, 3.63) is 52.2 Å². The van der Waals surface area contributed by atoms with Crippen LogP contribution in [0.1, 0.15) is 41.7 Å². The average molecular weight is 292 g/mol. The molecule has 2 aromatic rings. The first-order chi connectivity index (χ1) is 9.58. The van der Waals surface area contributed by atoms with Crippen molar-refractivity contribution in [2.45, 2.75) is 26.3 Å². The lowest BCUT2D eigenvalue weighted by molar-refractivity contribution is 0.0928. The van der Waals surface area contributed by atoms with Crippen LogP contribution in [0.2, 0.25) is 0 Å². The predicted octanol–water partition coefficient (Wildman–Crippen LogP) is 3.80. The molecule has 1 aromatic carbocycles. The molecule has 0 bridgehead atoms. The summed E-state index contributed by atoms with van der Waals surface area (Å²) in [7, 11) is 0. The van der Waals surface area contributed by atoms with E-state index in [0.717, 1.165) is 11.4 Å². The minimum atomic E-state index is -0.507. The highest BCUT2D eigenvalue weighted by Crippen LogP contribution is 2.23. The molecular weight excluding hydrogens is 275 g/mol. The van der Waals surface area contributed by atoms with Gasteiger partial charge in [-0.15, -0.1) is 11.3 Å². The number of aromatic nitrogens is 1. The first kappa shape index (κ1) is 14.7. The number of amides is 1. The molecule has 3 nitrogen and oxygen atoms in total. The van der Waals surface area contributed by atoms with Gasteiger partial charge in [0, 0.05) is 11.6 Å². The van der Waals surface area contributed by atoms with Gasteiger partial charge in [-0.05, 0) is 24.5 Å². The number of halogens is 1. The summed E-state index contributed by atoms with van der Waals surface area (Å²) < 4.78 is 13.6. The van der Waals surface area contributed by atoms with Gasteiger partial charge < -0.3 is 5.32 Å². The van der Waals surface area contributed by atoms with Crippen molar-refractivity contribution in [1.29, 1.82) is 0 Å². The van der Waals surface area contributed by atoms with Gasteiger partial charge in [0.1, 0.15) is 10.8 Å². The molecule has 0 aliphatic rings. The highest BCUT2D eigenvalue weighted by molar-refractivity contribution is 7.09. The van der Waals surface area contributed by atoms with E-state index in [2.05, 4.69) is 24.1 Å². The van der Waals surface area contributed by atoms with Gasteiger partial charge in [-0.2, -0.15) is 0 Å². The van der Waals surface area contributed by atoms with Crippen LogP contribution in [0.15, 0.2) is 35.8 Å². The van der Waals surface area contributed by atoms with E-state index >= 15 is 0 Å². The molecule has 0 saturated heterocycles. The Morgan fingerprint density at radius 1 is 1.40 bits per heavy atom. The molecule has 106 valence electrons. The van der Waals surface area contributed by atoms with Gasteiger partial charge in [0.05, 0.1) is 11.6 Å². The van der Waals surface area contributed by atoms with Crippen molar-refractivity contribution in [1.82, 2.24) is 10.3 Å². The fourth-order valence-corrected chi connectivity index (χ4v) is 2.68. The number of hydrogen-bond acceptors (Lipinski definition) is 3. The van der Waals surface area contributed by atoms with E-state index in [9.17, 15) is 9.18 Å². The average Bonchev–Trinajstić information content (AvgIpc) is 2.91. The van der Waals surface area contributed by atoms with Crippen LogP contribution in [0.4, 0.5) is 4.39 Å². The molecule has 0 aliphatic heterocycles. The lowest BCUT2D eigenvalue weighted by atomic mass is 10.0. The van der Waals surface area contributed by atoms with Gasteiger partial charge in [0.2, 0.25) is 0 Å². The van der Waals surface area contributed by atoms with Gasteiger partial charge in [-0.1, -0.05) is 26.0 Å². The van der Waals surface area contributed by atoms with E-state index in [-0.39, 0.29) is 11.6 Å². The molecule has 0 saturated carbocycles. The summed E-state index contributed by atoms with van der Waals surface area (Å²) in [5, 5.41) is 5.60. The van der Waals surface area contributed by atoms with Crippen LogP contribution in [0.25, 0.3) is 0 Å². The molecule has 0 fully saturated rings. The van der Waals surface area contributed by atoms with Gasteiger partial charge in [-0.3, -0.25) is 4.79 Å². The van der Waals surface area contributed by atoms with Crippen LogP contribution >= 0.6 is 11.3 Å². The number of nitrogens with one attached hydrogen (secondary N) is 1. The Balaban J connectivity index is 2.16. The summed E-state index contributed by atoms with van der Waals surface area (Å²) >= 11 is 1.49. The maximum absolute atomic E-state index is 13.6. The topological polar surface area (TPSA) is 42.0 Å². The first-order valence-electron chi connectivity index (χ1n) is 6.52. The van der Waals surface area contributed by atoms with Gasteiger partial charge in [0.25, 0.3) is 5.91 Å². The molecule has 1 aromatic heterocycles. The number of hydrogen-bond donors (Lipinski definition) is 1. The van der Waals surface area contributed by atoms with Crippen LogP contribution in [-0.2, 0) is 0 Å².